The molecular formula is C14H29. The highest BCUT2D eigenvalue weighted by molar-refractivity contribution is 4.64. The third kappa shape index (κ3) is 12.0. The van der Waals surface area contributed by atoms with Crippen molar-refractivity contribution < 1.29 is 0 Å². The van der Waals surface area contributed by atoms with Crippen LogP contribution in [-0.4, -0.2) is 0 Å². The van der Waals surface area contributed by atoms with Gasteiger partial charge < -0.3 is 0 Å². The number of rotatable bonds is 11. The fraction of sp³-hybridized carbons (Fsp3) is 0.929. The molecule has 0 nitrogen and oxygen atoms in total. The quantitative estimate of drug-likeness (QED) is 0.382. The molecule has 0 rings (SSSR count). The molecule has 0 spiro atoms. The van der Waals surface area contributed by atoms with E-state index in [0.717, 1.165) is 0 Å². The van der Waals surface area contributed by atoms with Crippen LogP contribution in [-0.2, 0) is 0 Å². The van der Waals surface area contributed by atoms with Gasteiger partial charge in [0, 0.05) is 0 Å². The van der Waals surface area contributed by atoms with Gasteiger partial charge in [0.25, 0.3) is 0 Å². The molecule has 0 N–H and O–H groups in total. The molecule has 0 aliphatic heterocycles. The highest BCUT2D eigenvalue weighted by atomic mass is 14.0. The van der Waals surface area contributed by atoms with Gasteiger partial charge in [0.15, 0.2) is 0 Å². The maximum absolute atomic E-state index is 2.50. The summed E-state index contributed by atoms with van der Waals surface area (Å²) in [7, 11) is 0. The van der Waals surface area contributed by atoms with E-state index in [1.54, 1.807) is 0 Å². The number of hydrogen-bond acceptors (Lipinski definition) is 0. The van der Waals surface area contributed by atoms with Crippen molar-refractivity contribution in [2.24, 2.45) is 0 Å². The van der Waals surface area contributed by atoms with Gasteiger partial charge in [0.1, 0.15) is 0 Å². The van der Waals surface area contributed by atoms with Crippen LogP contribution in [0.3, 0.4) is 0 Å². The van der Waals surface area contributed by atoms with Gasteiger partial charge in [-0.15, -0.1) is 0 Å². The highest BCUT2D eigenvalue weighted by Crippen LogP contribution is 2.10. The number of hydrogen-bond donors (Lipinski definition) is 0. The van der Waals surface area contributed by atoms with Crippen molar-refractivity contribution in [1.82, 2.24) is 0 Å². The molecular weight excluding hydrogens is 168 g/mol. The molecule has 0 bridgehead atoms. The lowest BCUT2D eigenvalue weighted by Gasteiger charge is -2.01. The predicted molar refractivity (Wildman–Crippen MR) is 66.4 cm³/mol. The summed E-state index contributed by atoms with van der Waals surface area (Å²) in [4.78, 5) is 0. The monoisotopic (exact) mass is 197 g/mol. The third-order valence-electron chi connectivity index (χ3n) is 2.77. The van der Waals surface area contributed by atoms with Crippen molar-refractivity contribution in [2.75, 3.05) is 0 Å². The summed E-state index contributed by atoms with van der Waals surface area (Å²) in [6, 6.07) is 0. The van der Waals surface area contributed by atoms with E-state index < -0.39 is 0 Å². The van der Waals surface area contributed by atoms with Crippen LogP contribution in [0.2, 0.25) is 0 Å². The van der Waals surface area contributed by atoms with Crippen molar-refractivity contribution in [3.05, 3.63) is 6.42 Å². The van der Waals surface area contributed by atoms with Crippen LogP contribution < -0.4 is 0 Å². The molecule has 0 heteroatoms. The maximum Gasteiger partial charge on any atom is -0.0386 e. The second-order valence-corrected chi connectivity index (χ2v) is 4.34. The molecule has 0 amide bonds. The first-order valence-electron chi connectivity index (χ1n) is 6.73. The van der Waals surface area contributed by atoms with E-state index in [-0.39, 0.29) is 0 Å². The first-order chi connectivity index (χ1) is 6.91. The van der Waals surface area contributed by atoms with Crippen LogP contribution in [0.15, 0.2) is 0 Å². The fourth-order valence-corrected chi connectivity index (χ4v) is 1.75. The molecule has 0 saturated heterocycles. The first kappa shape index (κ1) is 14.0. The zero-order valence-electron chi connectivity index (χ0n) is 10.4. The van der Waals surface area contributed by atoms with E-state index in [0.29, 0.717) is 0 Å². The average molecular weight is 197 g/mol. The van der Waals surface area contributed by atoms with E-state index in [9.17, 15) is 0 Å². The standard InChI is InChI=1S/C14H29/c1-3-5-7-9-11-13-14-12-10-8-6-4-2/h13H,3-12,14H2,1-2H3. The molecule has 0 aliphatic carbocycles. The Bertz CT molecular complexity index is 74.0. The van der Waals surface area contributed by atoms with Crippen LogP contribution in [0, 0.1) is 6.42 Å². The Morgan fingerprint density at radius 2 is 1.00 bits per heavy atom. The van der Waals surface area contributed by atoms with Gasteiger partial charge in [0.05, 0.1) is 0 Å². The Labute approximate surface area is 91.5 Å². The first-order valence-corrected chi connectivity index (χ1v) is 6.73. The maximum atomic E-state index is 2.50. The van der Waals surface area contributed by atoms with E-state index in [1.807, 2.05) is 0 Å². The zero-order chi connectivity index (χ0) is 10.5. The highest BCUT2D eigenvalue weighted by Gasteiger charge is 1.91. The molecule has 14 heavy (non-hydrogen) atoms. The molecule has 0 aliphatic rings. The lowest BCUT2D eigenvalue weighted by atomic mass is 10.1. The van der Waals surface area contributed by atoms with Crippen molar-refractivity contribution >= 4 is 0 Å². The van der Waals surface area contributed by atoms with Crippen LogP contribution in [0.4, 0.5) is 0 Å². The lowest BCUT2D eigenvalue weighted by Crippen LogP contribution is -1.82. The van der Waals surface area contributed by atoms with Gasteiger partial charge in [0.2, 0.25) is 0 Å². The Hall–Kier alpha value is 0. The Kier molecular flexibility index (Phi) is 13.0. The lowest BCUT2D eigenvalue weighted by molar-refractivity contribution is 0.606. The van der Waals surface area contributed by atoms with Crippen LogP contribution in [0.25, 0.3) is 0 Å². The average Bonchev–Trinajstić information content (AvgIpc) is 2.21. The summed E-state index contributed by atoms with van der Waals surface area (Å²) in [6.07, 6.45) is 17.9. The Balaban J connectivity index is 2.78. The van der Waals surface area contributed by atoms with E-state index in [1.165, 1.54) is 70.6 Å². The molecule has 0 aromatic rings. The molecule has 0 atom stereocenters. The smallest absolute Gasteiger partial charge is 0.0386 e. The molecule has 85 valence electrons. The van der Waals surface area contributed by atoms with Crippen LogP contribution in [0.5, 0.6) is 0 Å². The molecule has 0 aromatic carbocycles. The van der Waals surface area contributed by atoms with E-state index in [4.69, 9.17) is 0 Å². The van der Waals surface area contributed by atoms with Gasteiger partial charge >= 0.3 is 0 Å². The summed E-state index contributed by atoms with van der Waals surface area (Å²) in [6.45, 7) is 4.55. The summed E-state index contributed by atoms with van der Waals surface area (Å²) in [5.74, 6) is 0. The van der Waals surface area contributed by atoms with Gasteiger partial charge in [-0.3, -0.25) is 0 Å². The molecule has 0 aromatic heterocycles. The number of unbranched alkanes of at least 4 members (excludes halogenated alkanes) is 11. The normalized spacial score (nSPS) is 10.7. The van der Waals surface area contributed by atoms with Crippen LogP contribution in [0.1, 0.15) is 84.5 Å². The topological polar surface area (TPSA) is 0 Å². The fourth-order valence-electron chi connectivity index (χ4n) is 1.75. The van der Waals surface area contributed by atoms with E-state index >= 15 is 0 Å². The zero-order valence-corrected chi connectivity index (χ0v) is 10.4. The Morgan fingerprint density at radius 3 is 1.50 bits per heavy atom. The predicted octanol–water partition coefficient (Wildman–Crippen LogP) is 5.52. The summed E-state index contributed by atoms with van der Waals surface area (Å²) >= 11 is 0. The van der Waals surface area contributed by atoms with Gasteiger partial charge in [-0.1, -0.05) is 84.5 Å². The van der Waals surface area contributed by atoms with E-state index in [2.05, 4.69) is 20.3 Å². The van der Waals surface area contributed by atoms with Crippen molar-refractivity contribution in [3.63, 3.8) is 0 Å². The van der Waals surface area contributed by atoms with Crippen molar-refractivity contribution in [1.29, 1.82) is 0 Å². The van der Waals surface area contributed by atoms with Gasteiger partial charge in [-0.05, 0) is 6.42 Å². The van der Waals surface area contributed by atoms with Crippen molar-refractivity contribution in [2.45, 2.75) is 84.5 Å². The minimum absolute atomic E-state index is 1.35. The van der Waals surface area contributed by atoms with Gasteiger partial charge in [-0.2, -0.15) is 0 Å². The second kappa shape index (κ2) is 13.0. The minimum Gasteiger partial charge on any atom is -0.0654 e. The molecule has 0 saturated carbocycles. The summed E-state index contributed by atoms with van der Waals surface area (Å²) < 4.78 is 0. The Morgan fingerprint density at radius 1 is 0.571 bits per heavy atom. The molecule has 0 unspecified atom stereocenters. The van der Waals surface area contributed by atoms with Crippen LogP contribution >= 0.6 is 0 Å². The molecule has 0 heterocycles. The van der Waals surface area contributed by atoms with Crippen molar-refractivity contribution in [3.8, 4) is 0 Å². The molecule has 1 radical (unpaired) electrons. The van der Waals surface area contributed by atoms with Gasteiger partial charge in [-0.25, -0.2) is 0 Å². The third-order valence-corrected chi connectivity index (χ3v) is 2.77. The largest absolute Gasteiger partial charge is 0.0654 e. The summed E-state index contributed by atoms with van der Waals surface area (Å²) in [5, 5.41) is 0. The summed E-state index contributed by atoms with van der Waals surface area (Å²) in [5.41, 5.74) is 0. The second-order valence-electron chi connectivity index (χ2n) is 4.34. The minimum atomic E-state index is 1.35. The molecule has 0 fully saturated rings. The SMILES string of the molecule is CCCCCC[CH]CCCCCCC.